The van der Waals surface area contributed by atoms with Crippen LogP contribution >= 0.6 is 22.9 Å². The Balaban J connectivity index is 2.67. The van der Waals surface area contributed by atoms with Crippen molar-refractivity contribution in [3.05, 3.63) is 15.7 Å². The molecule has 0 spiro atoms. The molecule has 0 saturated heterocycles. The van der Waals surface area contributed by atoms with E-state index in [1.165, 1.54) is 11.3 Å². The largest absolute Gasteiger partial charge is 0.462 e. The van der Waals surface area contributed by atoms with Gasteiger partial charge in [-0.3, -0.25) is 0 Å². The summed E-state index contributed by atoms with van der Waals surface area (Å²) in [6.07, 6.45) is 0. The van der Waals surface area contributed by atoms with E-state index in [0.29, 0.717) is 11.5 Å². The normalized spacial score (nSPS) is 10.9. The van der Waals surface area contributed by atoms with Gasteiger partial charge in [-0.25, -0.2) is 9.78 Å². The molecule has 0 aliphatic carbocycles. The number of rotatable bonds is 5. The number of nitrogens with zero attached hydrogens (tertiary/aromatic N) is 3. The Labute approximate surface area is 132 Å². The second-order valence-corrected chi connectivity index (χ2v) is 5.78. The molecule has 0 bridgehead atoms. The maximum absolute atomic E-state index is 12.0. The molecular formula is C14H18ClN3O2S. The Bertz CT molecular complexity index is 668. The van der Waals surface area contributed by atoms with E-state index in [9.17, 15) is 4.79 Å². The molecule has 0 N–H and O–H groups in total. The number of hydrogen-bond acceptors (Lipinski definition) is 6. The van der Waals surface area contributed by atoms with E-state index in [1.54, 1.807) is 6.92 Å². The fraction of sp³-hybridized carbons (Fsp3) is 0.500. The number of aromatic nitrogens is 2. The smallest absolute Gasteiger partial charge is 0.348 e. The molecule has 0 aliphatic heterocycles. The van der Waals surface area contributed by atoms with Crippen molar-refractivity contribution in [3.8, 4) is 0 Å². The van der Waals surface area contributed by atoms with Gasteiger partial charge in [0.2, 0.25) is 5.28 Å². The Morgan fingerprint density at radius 3 is 2.52 bits per heavy atom. The van der Waals surface area contributed by atoms with Crippen molar-refractivity contribution in [1.29, 1.82) is 0 Å². The van der Waals surface area contributed by atoms with E-state index >= 15 is 0 Å². The van der Waals surface area contributed by atoms with Crippen LogP contribution in [0, 0.1) is 6.92 Å². The van der Waals surface area contributed by atoms with Gasteiger partial charge in [-0.1, -0.05) is 0 Å². The zero-order chi connectivity index (χ0) is 15.6. The SMILES string of the molecule is CCOC(=O)c1sc2nc(Cl)nc(N(CC)CC)c2c1C. The summed E-state index contributed by atoms with van der Waals surface area (Å²) in [7, 11) is 0. The molecule has 2 aromatic heterocycles. The van der Waals surface area contributed by atoms with Crippen molar-refractivity contribution in [2.24, 2.45) is 0 Å². The van der Waals surface area contributed by atoms with E-state index in [0.717, 1.165) is 34.7 Å². The number of thiophene rings is 1. The topological polar surface area (TPSA) is 55.3 Å². The summed E-state index contributed by atoms with van der Waals surface area (Å²) in [4.78, 5) is 24.0. The van der Waals surface area contributed by atoms with Gasteiger partial charge in [0.15, 0.2) is 0 Å². The molecule has 7 heteroatoms. The van der Waals surface area contributed by atoms with Crippen LogP contribution in [0.2, 0.25) is 5.28 Å². The monoisotopic (exact) mass is 327 g/mol. The number of carbonyl (C=O) groups is 1. The number of carbonyl (C=O) groups excluding carboxylic acids is 1. The van der Waals surface area contributed by atoms with E-state index in [4.69, 9.17) is 16.3 Å². The van der Waals surface area contributed by atoms with Crippen molar-refractivity contribution in [2.45, 2.75) is 27.7 Å². The van der Waals surface area contributed by atoms with Gasteiger partial charge in [0.1, 0.15) is 15.5 Å². The second-order valence-electron chi connectivity index (χ2n) is 4.45. The average molecular weight is 328 g/mol. The highest BCUT2D eigenvalue weighted by molar-refractivity contribution is 7.20. The number of ether oxygens (including phenoxy) is 1. The van der Waals surface area contributed by atoms with E-state index in [1.807, 2.05) is 6.92 Å². The van der Waals surface area contributed by atoms with Gasteiger partial charge >= 0.3 is 5.97 Å². The molecule has 0 aliphatic rings. The summed E-state index contributed by atoms with van der Waals surface area (Å²) in [5, 5.41) is 1.08. The van der Waals surface area contributed by atoms with E-state index < -0.39 is 0 Å². The summed E-state index contributed by atoms with van der Waals surface area (Å²) in [5.74, 6) is 0.457. The molecule has 114 valence electrons. The van der Waals surface area contributed by atoms with Crippen molar-refractivity contribution >= 4 is 44.9 Å². The van der Waals surface area contributed by atoms with Gasteiger partial charge in [0.25, 0.3) is 0 Å². The van der Waals surface area contributed by atoms with Gasteiger partial charge in [-0.15, -0.1) is 11.3 Å². The number of halogens is 1. The molecule has 0 unspecified atom stereocenters. The molecule has 2 aromatic rings. The fourth-order valence-electron chi connectivity index (χ4n) is 2.24. The summed E-state index contributed by atoms with van der Waals surface area (Å²) >= 11 is 7.33. The maximum atomic E-state index is 12.0. The molecule has 0 radical (unpaired) electrons. The van der Waals surface area contributed by atoms with Crippen LogP contribution in [0.3, 0.4) is 0 Å². The first kappa shape index (κ1) is 16.0. The summed E-state index contributed by atoms with van der Waals surface area (Å²) < 4.78 is 5.10. The van der Waals surface area contributed by atoms with Crippen LogP contribution in [0.1, 0.15) is 36.0 Å². The van der Waals surface area contributed by atoms with E-state index in [2.05, 4.69) is 28.7 Å². The standard InChI is InChI=1S/C14H18ClN3O2S/c1-5-18(6-2)11-9-8(4)10(13(19)20-7-3)21-12(9)17-14(15)16-11/h5-7H2,1-4H3. The molecule has 2 heterocycles. The molecule has 0 atom stereocenters. The van der Waals surface area contributed by atoms with Gasteiger partial charge in [0.05, 0.1) is 12.0 Å². The van der Waals surface area contributed by atoms with Crippen molar-refractivity contribution in [3.63, 3.8) is 0 Å². The lowest BCUT2D eigenvalue weighted by molar-refractivity contribution is 0.0531. The highest BCUT2D eigenvalue weighted by Crippen LogP contribution is 2.36. The van der Waals surface area contributed by atoms with Crippen molar-refractivity contribution in [1.82, 2.24) is 9.97 Å². The Morgan fingerprint density at radius 1 is 1.29 bits per heavy atom. The third-order valence-electron chi connectivity index (χ3n) is 3.27. The minimum absolute atomic E-state index is 0.195. The first-order valence-electron chi connectivity index (χ1n) is 6.92. The number of aryl methyl sites for hydroxylation is 1. The molecule has 2 rings (SSSR count). The van der Waals surface area contributed by atoms with Crippen LogP contribution in [-0.2, 0) is 4.74 Å². The van der Waals surface area contributed by atoms with Gasteiger partial charge < -0.3 is 9.64 Å². The Morgan fingerprint density at radius 2 is 1.95 bits per heavy atom. The number of esters is 1. The highest BCUT2D eigenvalue weighted by atomic mass is 35.5. The number of anilines is 1. The van der Waals surface area contributed by atoms with Crippen LogP contribution in [-0.4, -0.2) is 35.6 Å². The Hall–Kier alpha value is -1.40. The van der Waals surface area contributed by atoms with Crippen LogP contribution in [0.5, 0.6) is 0 Å². The quantitative estimate of drug-likeness (QED) is 0.619. The zero-order valence-corrected chi connectivity index (χ0v) is 14.1. The molecule has 5 nitrogen and oxygen atoms in total. The number of hydrogen-bond donors (Lipinski definition) is 0. The minimum atomic E-state index is -0.320. The number of fused-ring (bicyclic) bond motifs is 1. The van der Waals surface area contributed by atoms with Crippen LogP contribution < -0.4 is 4.90 Å². The average Bonchev–Trinajstić information content (AvgIpc) is 2.77. The highest BCUT2D eigenvalue weighted by Gasteiger charge is 2.22. The molecule has 0 amide bonds. The zero-order valence-electron chi connectivity index (χ0n) is 12.6. The summed E-state index contributed by atoms with van der Waals surface area (Å²) in [5.41, 5.74) is 0.854. The van der Waals surface area contributed by atoms with Crippen LogP contribution in [0.15, 0.2) is 0 Å². The first-order valence-corrected chi connectivity index (χ1v) is 8.11. The lowest BCUT2D eigenvalue weighted by Crippen LogP contribution is -2.23. The van der Waals surface area contributed by atoms with E-state index in [-0.39, 0.29) is 11.3 Å². The molecule has 0 saturated carbocycles. The van der Waals surface area contributed by atoms with Crippen LogP contribution in [0.25, 0.3) is 10.2 Å². The second kappa shape index (κ2) is 6.58. The lowest BCUT2D eigenvalue weighted by Gasteiger charge is -2.20. The molecule has 21 heavy (non-hydrogen) atoms. The van der Waals surface area contributed by atoms with Gasteiger partial charge in [-0.05, 0) is 44.9 Å². The molecule has 0 fully saturated rings. The molecular weight excluding hydrogens is 310 g/mol. The third-order valence-corrected chi connectivity index (χ3v) is 4.60. The summed E-state index contributed by atoms with van der Waals surface area (Å²) in [6, 6.07) is 0. The van der Waals surface area contributed by atoms with Crippen LogP contribution in [0.4, 0.5) is 5.82 Å². The molecule has 0 aromatic carbocycles. The minimum Gasteiger partial charge on any atom is -0.462 e. The van der Waals surface area contributed by atoms with Gasteiger partial charge in [0, 0.05) is 13.1 Å². The maximum Gasteiger partial charge on any atom is 0.348 e. The predicted octanol–water partition coefficient (Wildman–Crippen LogP) is 3.68. The van der Waals surface area contributed by atoms with Crippen molar-refractivity contribution in [2.75, 3.05) is 24.6 Å². The fourth-order valence-corrected chi connectivity index (χ4v) is 3.52. The first-order chi connectivity index (χ1) is 10.0. The lowest BCUT2D eigenvalue weighted by atomic mass is 10.2. The van der Waals surface area contributed by atoms with Gasteiger partial charge in [-0.2, -0.15) is 4.98 Å². The third kappa shape index (κ3) is 2.96. The predicted molar refractivity (Wildman–Crippen MR) is 86.7 cm³/mol. The van der Waals surface area contributed by atoms with Crippen molar-refractivity contribution < 1.29 is 9.53 Å². The summed E-state index contributed by atoms with van der Waals surface area (Å²) in [6.45, 7) is 9.76. The Kier molecular flexibility index (Phi) is 5.00.